The molecule has 2 aliphatic rings. The number of hydrogen-bond donors (Lipinski definition) is 4. The fraction of sp³-hybridized carbons (Fsp3) is 0.526. The fourth-order valence-electron chi connectivity index (χ4n) is 4.16. The Morgan fingerprint density at radius 2 is 2.10 bits per heavy atom. The molecule has 0 spiro atoms. The van der Waals surface area contributed by atoms with Crippen LogP contribution in [0.1, 0.15) is 25.7 Å². The van der Waals surface area contributed by atoms with Crippen LogP contribution >= 0.6 is 22.9 Å². The fourth-order valence-corrected chi connectivity index (χ4v) is 6.33. The summed E-state index contributed by atoms with van der Waals surface area (Å²) in [5.74, 6) is -0.104. The van der Waals surface area contributed by atoms with Crippen molar-refractivity contribution in [2.24, 2.45) is 5.92 Å². The Labute approximate surface area is 184 Å². The summed E-state index contributed by atoms with van der Waals surface area (Å²) < 4.78 is 41.5. The molecule has 1 saturated heterocycles. The van der Waals surface area contributed by atoms with Gasteiger partial charge in [0, 0.05) is 30.2 Å². The number of thiazole rings is 1. The Morgan fingerprint density at radius 3 is 2.80 bits per heavy atom. The molecule has 2 aromatic rings. The maximum absolute atomic E-state index is 14.5. The number of nitrogens with zero attached hydrogens (tertiary/aromatic N) is 1. The number of piperidine rings is 1. The first-order valence-electron chi connectivity index (χ1n) is 10.0. The van der Waals surface area contributed by atoms with Gasteiger partial charge in [0.1, 0.15) is 10.7 Å². The Morgan fingerprint density at radius 1 is 1.27 bits per heavy atom. The molecule has 4 N–H and O–H groups in total. The van der Waals surface area contributed by atoms with Gasteiger partial charge in [-0.1, -0.05) is 11.6 Å². The number of sulfonamides is 1. The van der Waals surface area contributed by atoms with Crippen molar-refractivity contribution in [3.63, 3.8) is 0 Å². The molecule has 1 aromatic heterocycles. The average molecular weight is 474 g/mol. The molecule has 1 saturated carbocycles. The van der Waals surface area contributed by atoms with Crippen LogP contribution < -0.4 is 20.7 Å². The third-order valence-electron chi connectivity index (χ3n) is 5.65. The molecule has 11 heteroatoms. The van der Waals surface area contributed by atoms with Crippen LogP contribution in [0.3, 0.4) is 0 Å². The molecule has 2 bridgehead atoms. The normalized spacial score (nSPS) is 23.1. The Balaban J connectivity index is 1.25. The van der Waals surface area contributed by atoms with Crippen LogP contribution in [0.2, 0.25) is 5.02 Å². The highest BCUT2D eigenvalue weighted by Gasteiger charge is 2.38. The minimum absolute atomic E-state index is 0.156. The predicted molar refractivity (Wildman–Crippen MR) is 118 cm³/mol. The van der Waals surface area contributed by atoms with E-state index in [9.17, 15) is 12.8 Å². The number of unbranched alkanes of at least 4 members (excludes halogenated alkanes) is 1. The second-order valence-corrected chi connectivity index (χ2v) is 10.7. The van der Waals surface area contributed by atoms with E-state index in [1.54, 1.807) is 5.38 Å². The molecule has 2 heterocycles. The molecule has 1 aliphatic carbocycles. The lowest BCUT2D eigenvalue weighted by Gasteiger charge is -2.23. The summed E-state index contributed by atoms with van der Waals surface area (Å²) in [6.07, 6.45) is 5.86. The van der Waals surface area contributed by atoms with Gasteiger partial charge in [-0.15, -0.1) is 11.3 Å². The molecule has 4 rings (SSSR count). The molecule has 2 fully saturated rings. The Hall–Kier alpha value is -1.46. The van der Waals surface area contributed by atoms with Crippen LogP contribution in [0.15, 0.2) is 28.6 Å². The number of nitrogens with one attached hydrogen (secondary N) is 4. The van der Waals surface area contributed by atoms with Crippen LogP contribution in [0, 0.1) is 11.7 Å². The van der Waals surface area contributed by atoms with E-state index in [0.29, 0.717) is 24.3 Å². The van der Waals surface area contributed by atoms with E-state index in [1.165, 1.54) is 19.0 Å². The number of hydrogen-bond acceptors (Lipinski definition) is 7. The lowest BCUT2D eigenvalue weighted by Crippen LogP contribution is -2.41. The van der Waals surface area contributed by atoms with Crippen molar-refractivity contribution < 1.29 is 12.8 Å². The molecule has 7 nitrogen and oxygen atoms in total. The molecule has 30 heavy (non-hydrogen) atoms. The topological polar surface area (TPSA) is 95.2 Å². The molecule has 3 atom stereocenters. The summed E-state index contributed by atoms with van der Waals surface area (Å²) in [5, 5.41) is 12.2. The van der Waals surface area contributed by atoms with E-state index in [4.69, 9.17) is 11.6 Å². The smallest absolute Gasteiger partial charge is 0.266 e. The van der Waals surface area contributed by atoms with Crippen molar-refractivity contribution in [3.05, 3.63) is 34.5 Å². The van der Waals surface area contributed by atoms with E-state index >= 15 is 0 Å². The Bertz CT molecular complexity index is 974. The zero-order valence-corrected chi connectivity index (χ0v) is 18.7. The van der Waals surface area contributed by atoms with Crippen molar-refractivity contribution in [2.75, 3.05) is 29.7 Å². The van der Waals surface area contributed by atoms with Crippen molar-refractivity contribution in [1.29, 1.82) is 0 Å². The summed E-state index contributed by atoms with van der Waals surface area (Å²) in [6, 6.07) is 3.56. The highest BCUT2D eigenvalue weighted by molar-refractivity contribution is 7.93. The highest BCUT2D eigenvalue weighted by Crippen LogP contribution is 2.31. The van der Waals surface area contributed by atoms with Crippen LogP contribution in [0.25, 0.3) is 0 Å². The number of benzene rings is 1. The maximum atomic E-state index is 14.5. The monoisotopic (exact) mass is 473 g/mol. The van der Waals surface area contributed by atoms with Crippen LogP contribution in [-0.2, 0) is 10.0 Å². The second-order valence-electron chi connectivity index (χ2n) is 7.74. The number of rotatable bonds is 10. The summed E-state index contributed by atoms with van der Waals surface area (Å²) in [6.45, 7) is 2.71. The zero-order chi connectivity index (χ0) is 21.1. The van der Waals surface area contributed by atoms with E-state index in [2.05, 4.69) is 25.7 Å². The van der Waals surface area contributed by atoms with Crippen molar-refractivity contribution in [1.82, 2.24) is 15.6 Å². The number of aromatic nitrogens is 1. The van der Waals surface area contributed by atoms with Crippen molar-refractivity contribution in [3.8, 4) is 0 Å². The van der Waals surface area contributed by atoms with Gasteiger partial charge < -0.3 is 16.0 Å². The number of halogens is 2. The van der Waals surface area contributed by atoms with E-state index < -0.39 is 20.7 Å². The molecule has 1 aliphatic heterocycles. The van der Waals surface area contributed by atoms with Gasteiger partial charge in [-0.2, -0.15) is 0 Å². The quantitative estimate of drug-likeness (QED) is 0.396. The van der Waals surface area contributed by atoms with Gasteiger partial charge >= 0.3 is 0 Å². The summed E-state index contributed by atoms with van der Waals surface area (Å²) in [4.78, 5) is 3.35. The van der Waals surface area contributed by atoms with Gasteiger partial charge in [0.05, 0.1) is 10.7 Å². The van der Waals surface area contributed by atoms with Gasteiger partial charge in [-0.25, -0.2) is 17.8 Å². The van der Waals surface area contributed by atoms with Gasteiger partial charge in [0.2, 0.25) is 0 Å². The number of fused-ring (bicyclic) bond motifs is 2. The minimum Gasteiger partial charge on any atom is -0.384 e. The lowest BCUT2D eigenvalue weighted by atomic mass is 10.0. The first-order valence-corrected chi connectivity index (χ1v) is 12.8. The minimum atomic E-state index is -4.10. The van der Waals surface area contributed by atoms with Crippen LogP contribution in [0.5, 0.6) is 0 Å². The molecular formula is C19H25ClFN5O2S2. The van der Waals surface area contributed by atoms with E-state index in [-0.39, 0.29) is 10.2 Å². The van der Waals surface area contributed by atoms with Crippen LogP contribution in [0.4, 0.5) is 15.2 Å². The molecule has 0 radical (unpaired) electrons. The SMILES string of the molecule is O=S(=O)(Nc1nccs1)c1cc(Cl)c(NCCCCNC2C[C@@H]3C[C@H]2CN3)cc1F. The average Bonchev–Trinajstić information content (AvgIpc) is 3.45. The predicted octanol–water partition coefficient (Wildman–Crippen LogP) is 3.27. The molecule has 164 valence electrons. The summed E-state index contributed by atoms with van der Waals surface area (Å²) in [7, 11) is -4.10. The largest absolute Gasteiger partial charge is 0.384 e. The summed E-state index contributed by atoms with van der Waals surface area (Å²) in [5.41, 5.74) is 0.384. The standard InChI is InChI=1S/C19H25ClFN5O2S2/c20-14-9-18(30(27,28)26-19-24-5-6-29-19)15(21)10-17(14)23-4-2-1-3-22-16-8-13-7-12(16)11-25-13/h5-6,9-10,12-13,16,22-23,25H,1-4,7-8,11H2,(H,24,26)/t12-,13-,16?/m0/s1. The highest BCUT2D eigenvalue weighted by atomic mass is 35.5. The molecule has 1 unspecified atom stereocenters. The summed E-state index contributed by atoms with van der Waals surface area (Å²) >= 11 is 7.31. The van der Waals surface area contributed by atoms with Gasteiger partial charge in [-0.05, 0) is 56.8 Å². The van der Waals surface area contributed by atoms with E-state index in [1.807, 2.05) is 0 Å². The van der Waals surface area contributed by atoms with Crippen molar-refractivity contribution >= 4 is 43.8 Å². The molecule has 1 aromatic carbocycles. The Kier molecular flexibility index (Phi) is 6.78. The zero-order valence-electron chi connectivity index (χ0n) is 16.3. The first-order chi connectivity index (χ1) is 14.4. The van der Waals surface area contributed by atoms with Crippen molar-refractivity contribution in [2.45, 2.75) is 42.7 Å². The van der Waals surface area contributed by atoms with E-state index in [0.717, 1.165) is 55.3 Å². The number of anilines is 2. The third-order valence-corrected chi connectivity index (χ3v) is 8.14. The van der Waals surface area contributed by atoms with Gasteiger partial charge in [0.15, 0.2) is 5.13 Å². The van der Waals surface area contributed by atoms with Gasteiger partial charge in [-0.3, -0.25) is 4.72 Å². The van der Waals surface area contributed by atoms with Gasteiger partial charge in [0.25, 0.3) is 10.0 Å². The first kappa shape index (κ1) is 21.8. The van der Waals surface area contributed by atoms with Crippen LogP contribution in [-0.4, -0.2) is 45.1 Å². The molecule has 0 amide bonds. The third kappa shape index (κ3) is 5.05. The lowest BCUT2D eigenvalue weighted by molar-refractivity contribution is 0.366. The maximum Gasteiger partial charge on any atom is 0.266 e. The second kappa shape index (κ2) is 9.35. The molecular weight excluding hydrogens is 449 g/mol.